The fourth-order valence-corrected chi connectivity index (χ4v) is 7.35. The summed E-state index contributed by atoms with van der Waals surface area (Å²) < 4.78 is 75.4. The van der Waals surface area contributed by atoms with Gasteiger partial charge in [-0.1, -0.05) is 170 Å². The average molecular weight is 708 g/mol. The molecule has 0 radical (unpaired) electrons. The van der Waals surface area contributed by atoms with Crippen molar-refractivity contribution in [1.29, 1.82) is 0 Å². The van der Waals surface area contributed by atoms with Crippen LogP contribution in [0.5, 0.6) is 0 Å². The minimum absolute atomic E-state index is 0.117. The molecule has 0 aliphatic carbocycles. The highest BCUT2D eigenvalue weighted by molar-refractivity contribution is 6.08. The second-order valence-electron chi connectivity index (χ2n) is 13.6. The summed E-state index contributed by atoms with van der Waals surface area (Å²) in [7, 11) is 0. The van der Waals surface area contributed by atoms with Gasteiger partial charge in [-0.25, -0.2) is 0 Å². The molecule has 0 atom stereocenters. The zero-order valence-corrected chi connectivity index (χ0v) is 29.7. The third-order valence-corrected chi connectivity index (χ3v) is 10.2. The Morgan fingerprint density at radius 2 is 0.855 bits per heavy atom. The highest BCUT2D eigenvalue weighted by Gasteiger charge is 2.15. The number of hydrogen-bond acceptors (Lipinski definition) is 1. The van der Waals surface area contributed by atoms with Crippen LogP contribution in [-0.2, 0) is 0 Å². The molecule has 0 unspecified atom stereocenters. The van der Waals surface area contributed by atoms with E-state index in [1.54, 1.807) is 18.2 Å². The summed E-state index contributed by atoms with van der Waals surface area (Å²) in [6.45, 7) is 0. The predicted octanol–water partition coefficient (Wildman–Crippen LogP) is 15.3. The van der Waals surface area contributed by atoms with Crippen LogP contribution in [0.1, 0.15) is 11.0 Å². The Hall–Kier alpha value is -7.22. The summed E-state index contributed by atoms with van der Waals surface area (Å²) in [6, 6.07) is 53.7. The van der Waals surface area contributed by atoms with Crippen LogP contribution in [0.3, 0.4) is 0 Å². The molecule has 0 aliphatic rings. The first-order valence-electron chi connectivity index (χ1n) is 22.3. The molecule has 0 amide bonds. The molecule has 0 N–H and O–H groups in total. The van der Waals surface area contributed by atoms with Gasteiger partial charge in [0.15, 0.2) is 0 Å². The number of rotatable bonds is 7. The minimum atomic E-state index is -0.447. The normalized spacial score (nSPS) is 13.3. The van der Waals surface area contributed by atoms with Crippen LogP contribution in [0.25, 0.3) is 76.8 Å². The maximum Gasteiger partial charge on any atom is 0.0651 e. The number of hydrogen-bond donors (Lipinski definition) is 0. The molecule has 0 spiro atoms. The van der Waals surface area contributed by atoms with Crippen molar-refractivity contribution in [2.45, 2.75) is 0 Å². The Balaban J connectivity index is 1.18. The lowest BCUT2D eigenvalue weighted by Crippen LogP contribution is -2.10. The summed E-state index contributed by atoms with van der Waals surface area (Å²) in [5.41, 5.74) is 5.23. The fraction of sp³-hybridized carbons (Fsp3) is 0. The van der Waals surface area contributed by atoms with E-state index in [9.17, 15) is 8.22 Å². The molecule has 0 aliphatic heterocycles. The van der Waals surface area contributed by atoms with Crippen LogP contribution < -0.4 is 4.90 Å². The van der Waals surface area contributed by atoms with Crippen molar-refractivity contribution in [3.05, 3.63) is 224 Å². The van der Waals surface area contributed by atoms with Gasteiger partial charge in [-0.15, -0.1) is 0 Å². The number of nitrogens with zero attached hydrogens (tertiary/aromatic N) is 1. The molecule has 0 heterocycles. The standard InChI is InChI=1S/C54H37N/c1-2-10-38(11-3-1)44-15-8-16-45(34-44)40-24-29-50(30-25-40)55(52-18-9-17-46(37-52)48-22-20-39-12-4-5-14-43(39)35-48)51-31-26-41(27-32-51)47-28-33-54-49(36-47)23-21-42-13-6-7-19-53(42)54/h1-37H/i9D,17D,18D,26D,27D,31D,32D,37D. The van der Waals surface area contributed by atoms with Gasteiger partial charge >= 0.3 is 0 Å². The molecule has 55 heavy (non-hydrogen) atoms. The zero-order valence-electron chi connectivity index (χ0n) is 37.7. The van der Waals surface area contributed by atoms with Crippen LogP contribution >= 0.6 is 0 Å². The molecule has 258 valence electrons. The van der Waals surface area contributed by atoms with Crippen molar-refractivity contribution >= 4 is 49.4 Å². The molecule has 0 bridgehead atoms. The number of benzene rings is 10. The predicted molar refractivity (Wildman–Crippen MR) is 235 cm³/mol. The molecule has 0 saturated carbocycles. The first kappa shape index (κ1) is 24.9. The van der Waals surface area contributed by atoms with E-state index in [0.29, 0.717) is 16.8 Å². The fourth-order valence-electron chi connectivity index (χ4n) is 7.35. The van der Waals surface area contributed by atoms with Gasteiger partial charge in [0.2, 0.25) is 0 Å². The smallest absolute Gasteiger partial charge is 0.0651 e. The summed E-state index contributed by atoms with van der Waals surface area (Å²) in [4.78, 5) is 1.40. The van der Waals surface area contributed by atoms with Crippen molar-refractivity contribution < 1.29 is 11.0 Å². The van der Waals surface area contributed by atoms with Crippen molar-refractivity contribution in [2.24, 2.45) is 0 Å². The first-order valence-corrected chi connectivity index (χ1v) is 18.3. The van der Waals surface area contributed by atoms with Gasteiger partial charge in [0.1, 0.15) is 0 Å². The van der Waals surface area contributed by atoms with Gasteiger partial charge in [0.05, 0.1) is 11.0 Å². The van der Waals surface area contributed by atoms with Gasteiger partial charge < -0.3 is 4.90 Å². The van der Waals surface area contributed by atoms with Crippen LogP contribution in [0.15, 0.2) is 224 Å². The van der Waals surface area contributed by atoms with E-state index in [0.717, 1.165) is 54.6 Å². The molecule has 10 rings (SSSR count). The Morgan fingerprint density at radius 1 is 0.291 bits per heavy atom. The molecule has 1 heteroatoms. The van der Waals surface area contributed by atoms with E-state index in [4.69, 9.17) is 2.74 Å². The lowest BCUT2D eigenvalue weighted by atomic mass is 9.97. The minimum Gasteiger partial charge on any atom is -0.310 e. The number of fused-ring (bicyclic) bond motifs is 4. The van der Waals surface area contributed by atoms with Crippen molar-refractivity contribution in [2.75, 3.05) is 4.90 Å². The zero-order chi connectivity index (χ0) is 43.5. The summed E-state index contributed by atoms with van der Waals surface area (Å²) >= 11 is 0. The van der Waals surface area contributed by atoms with Gasteiger partial charge in [0, 0.05) is 17.1 Å². The quantitative estimate of drug-likeness (QED) is 0.149. The molecule has 0 aromatic heterocycles. The molecule has 10 aromatic rings. The van der Waals surface area contributed by atoms with Crippen LogP contribution in [0.4, 0.5) is 17.1 Å². The monoisotopic (exact) mass is 707 g/mol. The number of anilines is 3. The summed E-state index contributed by atoms with van der Waals surface area (Å²) in [6.07, 6.45) is 0. The van der Waals surface area contributed by atoms with Crippen molar-refractivity contribution in [3.8, 4) is 44.5 Å². The molecule has 0 saturated heterocycles. The van der Waals surface area contributed by atoms with Crippen LogP contribution in [0.2, 0.25) is 0 Å². The summed E-state index contributed by atoms with van der Waals surface area (Å²) in [5.74, 6) is 0. The van der Waals surface area contributed by atoms with Gasteiger partial charge in [0.25, 0.3) is 0 Å². The Labute approximate surface area is 333 Å². The topological polar surface area (TPSA) is 3.24 Å². The maximum atomic E-state index is 9.76. The van der Waals surface area contributed by atoms with E-state index in [-0.39, 0.29) is 58.8 Å². The van der Waals surface area contributed by atoms with Crippen molar-refractivity contribution in [3.63, 3.8) is 0 Å². The SMILES string of the molecule is [2H]c1c([2H])c(-c2ccc3ccccc3c2)c([2H])c(N(c2ccc(-c3cccc(-c4ccccc4)c3)cc2)c2c([2H])c([2H])c(-c3ccc4c(ccc5ccccc54)c3)c([2H])c2[2H])c1[2H]. The van der Waals surface area contributed by atoms with E-state index >= 15 is 0 Å². The van der Waals surface area contributed by atoms with Crippen LogP contribution in [-0.4, -0.2) is 0 Å². The highest BCUT2D eigenvalue weighted by Crippen LogP contribution is 2.39. The second-order valence-corrected chi connectivity index (χ2v) is 13.6. The second kappa shape index (κ2) is 14.0. The van der Waals surface area contributed by atoms with E-state index < -0.39 is 12.1 Å². The van der Waals surface area contributed by atoms with E-state index in [2.05, 4.69) is 18.2 Å². The molecule has 0 fully saturated rings. The lowest BCUT2D eigenvalue weighted by molar-refractivity contribution is 1.28. The third-order valence-electron chi connectivity index (χ3n) is 10.2. The molecule has 10 aromatic carbocycles. The lowest BCUT2D eigenvalue weighted by Gasteiger charge is -2.26. The highest BCUT2D eigenvalue weighted by atomic mass is 15.1. The molecular formula is C54H37N. The van der Waals surface area contributed by atoms with E-state index in [1.807, 2.05) is 140 Å². The maximum absolute atomic E-state index is 9.76. The van der Waals surface area contributed by atoms with Crippen molar-refractivity contribution in [1.82, 2.24) is 0 Å². The van der Waals surface area contributed by atoms with E-state index in [1.165, 1.54) is 4.90 Å². The molecule has 1 nitrogen and oxygen atoms in total. The Morgan fingerprint density at radius 3 is 1.67 bits per heavy atom. The first-order chi connectivity index (χ1) is 30.6. The summed E-state index contributed by atoms with van der Waals surface area (Å²) in [5, 5.41) is 5.87. The van der Waals surface area contributed by atoms with Gasteiger partial charge in [-0.2, -0.15) is 0 Å². The largest absolute Gasteiger partial charge is 0.310 e. The Kier molecular flexibility index (Phi) is 6.33. The van der Waals surface area contributed by atoms with Gasteiger partial charge in [-0.3, -0.25) is 0 Å². The third kappa shape index (κ3) is 6.33. The Bertz CT molecular complexity index is 3410. The van der Waals surface area contributed by atoms with Crippen LogP contribution in [0, 0.1) is 0 Å². The molecular weight excluding hydrogens is 663 g/mol. The van der Waals surface area contributed by atoms with Gasteiger partial charge in [-0.05, 0) is 131 Å². The average Bonchev–Trinajstić information content (AvgIpc) is 3.32.